The van der Waals surface area contributed by atoms with Crippen molar-refractivity contribution in [3.8, 4) is 5.75 Å². The molecule has 0 unspecified atom stereocenters. The molecule has 2 fully saturated rings. The second-order valence-electron chi connectivity index (χ2n) is 7.16. The number of likely N-dealkylation sites (tertiary alicyclic amines) is 1. The molecule has 0 spiro atoms. The zero-order valence-electron chi connectivity index (χ0n) is 14.3. The van der Waals surface area contributed by atoms with Crippen LogP contribution < -0.4 is 4.74 Å². The molecule has 2 aromatic rings. The van der Waals surface area contributed by atoms with Gasteiger partial charge >= 0.3 is 6.18 Å². The molecule has 1 aromatic heterocycles. The quantitative estimate of drug-likeness (QED) is 0.820. The summed E-state index contributed by atoms with van der Waals surface area (Å²) in [6, 6.07) is 6.85. The van der Waals surface area contributed by atoms with Crippen LogP contribution in [0, 0.1) is 5.92 Å². The summed E-state index contributed by atoms with van der Waals surface area (Å²) in [5.41, 5.74) is 0.515. The van der Waals surface area contributed by atoms with E-state index in [4.69, 9.17) is 4.74 Å². The fourth-order valence-corrected chi connectivity index (χ4v) is 3.59. The van der Waals surface area contributed by atoms with Crippen LogP contribution in [0.3, 0.4) is 0 Å². The number of carbonyl (C=O) groups is 1. The molecule has 2 aliphatic rings. The Bertz CT molecular complexity index is 803. The predicted octanol–water partition coefficient (Wildman–Crippen LogP) is 3.98. The van der Waals surface area contributed by atoms with Crippen molar-refractivity contribution in [2.24, 2.45) is 5.92 Å². The lowest BCUT2D eigenvalue weighted by Gasteiger charge is -2.32. The van der Waals surface area contributed by atoms with E-state index in [9.17, 15) is 18.0 Å². The van der Waals surface area contributed by atoms with Gasteiger partial charge < -0.3 is 14.2 Å². The van der Waals surface area contributed by atoms with Crippen LogP contribution >= 0.6 is 0 Å². The second-order valence-corrected chi connectivity index (χ2v) is 7.16. The SMILES string of the molecule is O=C(C1CC1)N1CCC(Oc2cccc3c2ccn3CC(F)(F)F)CC1. The number of halogens is 3. The summed E-state index contributed by atoms with van der Waals surface area (Å²) in [6.07, 6.45) is 0.676. The molecule has 0 radical (unpaired) electrons. The first-order valence-electron chi connectivity index (χ1n) is 9.01. The van der Waals surface area contributed by atoms with Gasteiger partial charge in [0.1, 0.15) is 18.4 Å². The summed E-state index contributed by atoms with van der Waals surface area (Å²) in [7, 11) is 0. The van der Waals surface area contributed by atoms with Gasteiger partial charge in [0.25, 0.3) is 0 Å². The number of piperidine rings is 1. The lowest BCUT2D eigenvalue weighted by Crippen LogP contribution is -2.42. The standard InChI is InChI=1S/C19H21F3N2O2/c20-19(21,22)12-24-11-8-15-16(24)2-1-3-17(15)26-14-6-9-23(10-7-14)18(25)13-4-5-13/h1-3,8,11,13-14H,4-7,9-10,12H2. The molecule has 2 heterocycles. The smallest absolute Gasteiger partial charge is 0.406 e. The molecule has 1 aliphatic heterocycles. The van der Waals surface area contributed by atoms with Gasteiger partial charge in [-0.1, -0.05) is 6.07 Å². The summed E-state index contributed by atoms with van der Waals surface area (Å²) in [5, 5.41) is 0.688. The molecule has 1 saturated heterocycles. The van der Waals surface area contributed by atoms with Crippen LogP contribution in [0.4, 0.5) is 13.2 Å². The highest BCUT2D eigenvalue weighted by Gasteiger charge is 2.35. The third kappa shape index (κ3) is 3.66. The van der Waals surface area contributed by atoms with E-state index in [0.29, 0.717) is 29.7 Å². The zero-order chi connectivity index (χ0) is 18.3. The van der Waals surface area contributed by atoms with Crippen molar-refractivity contribution >= 4 is 16.8 Å². The number of amides is 1. The number of rotatable bonds is 4. The van der Waals surface area contributed by atoms with Crippen molar-refractivity contribution in [2.45, 2.75) is 44.5 Å². The number of hydrogen-bond acceptors (Lipinski definition) is 2. The molecule has 1 amide bonds. The van der Waals surface area contributed by atoms with E-state index in [-0.39, 0.29) is 17.9 Å². The molecule has 1 aromatic carbocycles. The van der Waals surface area contributed by atoms with Gasteiger partial charge in [0.15, 0.2) is 0 Å². The number of hydrogen-bond donors (Lipinski definition) is 0. The summed E-state index contributed by atoms with van der Waals surface area (Å²) in [6.45, 7) is 0.359. The number of fused-ring (bicyclic) bond motifs is 1. The van der Waals surface area contributed by atoms with Crippen LogP contribution in [-0.4, -0.2) is 40.7 Å². The van der Waals surface area contributed by atoms with E-state index in [0.717, 1.165) is 25.7 Å². The Labute approximate surface area is 149 Å². The van der Waals surface area contributed by atoms with E-state index in [1.54, 1.807) is 24.3 Å². The Morgan fingerprint density at radius 3 is 2.50 bits per heavy atom. The highest BCUT2D eigenvalue weighted by molar-refractivity contribution is 5.86. The molecular weight excluding hydrogens is 345 g/mol. The number of aromatic nitrogens is 1. The number of benzene rings is 1. The van der Waals surface area contributed by atoms with Gasteiger partial charge in [-0.05, 0) is 31.0 Å². The monoisotopic (exact) mass is 366 g/mol. The molecule has 1 saturated carbocycles. The maximum absolute atomic E-state index is 12.7. The van der Waals surface area contributed by atoms with Gasteiger partial charge in [-0.2, -0.15) is 13.2 Å². The van der Waals surface area contributed by atoms with Gasteiger partial charge in [-0.15, -0.1) is 0 Å². The molecule has 26 heavy (non-hydrogen) atoms. The van der Waals surface area contributed by atoms with Crippen molar-refractivity contribution in [2.75, 3.05) is 13.1 Å². The minimum Gasteiger partial charge on any atom is -0.490 e. The molecule has 140 valence electrons. The number of ether oxygens (including phenoxy) is 1. The van der Waals surface area contributed by atoms with Gasteiger partial charge in [-0.3, -0.25) is 4.79 Å². The molecular formula is C19H21F3N2O2. The van der Waals surface area contributed by atoms with Crippen LogP contribution in [0.15, 0.2) is 30.5 Å². The first-order valence-corrected chi connectivity index (χ1v) is 9.01. The highest BCUT2D eigenvalue weighted by Crippen LogP contribution is 2.33. The lowest BCUT2D eigenvalue weighted by molar-refractivity contribution is -0.140. The van der Waals surface area contributed by atoms with Crippen molar-refractivity contribution in [1.29, 1.82) is 0 Å². The summed E-state index contributed by atoms with van der Waals surface area (Å²) in [5.74, 6) is 1.10. The predicted molar refractivity (Wildman–Crippen MR) is 90.9 cm³/mol. The third-order valence-corrected chi connectivity index (χ3v) is 5.10. The van der Waals surface area contributed by atoms with E-state index in [1.807, 2.05) is 4.90 Å². The van der Waals surface area contributed by atoms with Crippen LogP contribution in [0.1, 0.15) is 25.7 Å². The topological polar surface area (TPSA) is 34.5 Å². The summed E-state index contributed by atoms with van der Waals surface area (Å²) in [4.78, 5) is 14.0. The average molecular weight is 366 g/mol. The highest BCUT2D eigenvalue weighted by atomic mass is 19.4. The Morgan fingerprint density at radius 1 is 1.12 bits per heavy atom. The van der Waals surface area contributed by atoms with Crippen molar-refractivity contribution in [3.63, 3.8) is 0 Å². The molecule has 0 bridgehead atoms. The van der Waals surface area contributed by atoms with Crippen LogP contribution in [0.25, 0.3) is 10.9 Å². The van der Waals surface area contributed by atoms with Gasteiger partial charge in [0, 0.05) is 43.4 Å². The zero-order valence-corrected chi connectivity index (χ0v) is 14.3. The number of alkyl halides is 3. The third-order valence-electron chi connectivity index (χ3n) is 5.10. The fraction of sp³-hybridized carbons (Fsp3) is 0.526. The first kappa shape index (κ1) is 17.2. The minimum absolute atomic E-state index is 0.0187. The molecule has 4 nitrogen and oxygen atoms in total. The van der Waals surface area contributed by atoms with Crippen molar-refractivity contribution < 1.29 is 22.7 Å². The molecule has 4 rings (SSSR count). The molecule has 7 heteroatoms. The van der Waals surface area contributed by atoms with E-state index in [2.05, 4.69) is 0 Å². The Balaban J connectivity index is 1.44. The van der Waals surface area contributed by atoms with Crippen LogP contribution in [0.2, 0.25) is 0 Å². The lowest BCUT2D eigenvalue weighted by atomic mass is 10.1. The van der Waals surface area contributed by atoms with E-state index >= 15 is 0 Å². The number of carbonyl (C=O) groups excluding carboxylic acids is 1. The van der Waals surface area contributed by atoms with Gasteiger partial charge in [-0.25, -0.2) is 0 Å². The second kappa shape index (κ2) is 6.52. The average Bonchev–Trinajstić information content (AvgIpc) is 3.37. The van der Waals surface area contributed by atoms with E-state index < -0.39 is 12.7 Å². The van der Waals surface area contributed by atoms with Crippen molar-refractivity contribution in [3.05, 3.63) is 30.5 Å². The fourth-order valence-electron chi connectivity index (χ4n) is 3.59. The summed E-state index contributed by atoms with van der Waals surface area (Å²) < 4.78 is 45.4. The van der Waals surface area contributed by atoms with Gasteiger partial charge in [0.2, 0.25) is 5.91 Å². The van der Waals surface area contributed by atoms with Crippen molar-refractivity contribution in [1.82, 2.24) is 9.47 Å². The Morgan fingerprint density at radius 2 is 1.85 bits per heavy atom. The Hall–Kier alpha value is -2.18. The largest absolute Gasteiger partial charge is 0.490 e. The van der Waals surface area contributed by atoms with Crippen LogP contribution in [0.5, 0.6) is 5.75 Å². The maximum Gasteiger partial charge on any atom is 0.406 e. The molecule has 1 aliphatic carbocycles. The molecule has 0 N–H and O–H groups in total. The van der Waals surface area contributed by atoms with Gasteiger partial charge in [0.05, 0.1) is 5.52 Å². The normalized spacial score (nSPS) is 19.1. The number of nitrogens with zero attached hydrogens (tertiary/aromatic N) is 2. The maximum atomic E-state index is 12.7. The minimum atomic E-state index is -4.26. The van der Waals surface area contributed by atoms with E-state index in [1.165, 1.54) is 10.8 Å². The summed E-state index contributed by atoms with van der Waals surface area (Å²) >= 11 is 0. The first-order chi connectivity index (χ1) is 12.4. The van der Waals surface area contributed by atoms with Crippen LogP contribution in [-0.2, 0) is 11.3 Å². The molecule has 0 atom stereocenters. The Kier molecular flexibility index (Phi) is 4.32.